The third kappa shape index (κ3) is 19.1. The van der Waals surface area contributed by atoms with E-state index in [4.69, 9.17) is 11.6 Å². The predicted octanol–water partition coefficient (Wildman–Crippen LogP) is 5.64. The van der Waals surface area contributed by atoms with E-state index in [2.05, 4.69) is 16.0 Å². The zero-order chi connectivity index (χ0) is 73.1. The molecule has 0 radical (unpaired) electrons. The van der Waals surface area contributed by atoms with Crippen molar-refractivity contribution in [3.05, 3.63) is 34.3 Å². The molecule has 6 fully saturated rings. The molecule has 1 spiro atoms. The number of hydrogen-bond acceptors (Lipinski definition) is 12. The van der Waals surface area contributed by atoms with Gasteiger partial charge in [0.05, 0.1) is 30.1 Å². The fourth-order valence-electron chi connectivity index (χ4n) is 15.3. The van der Waals surface area contributed by atoms with Gasteiger partial charge in [0.15, 0.2) is 0 Å². The Bertz CT molecular complexity index is 3120. The van der Waals surface area contributed by atoms with Crippen LogP contribution in [-0.2, 0) is 70.1 Å². The maximum Gasteiger partial charge on any atom is 0.417 e. The topological polar surface area (TPSA) is 270 Å². The van der Waals surface area contributed by atoms with E-state index in [0.717, 1.165) is 55.6 Å². The molecule has 9 atom stereocenters. The number of fused-ring (bicyclic) bond motifs is 2. The highest BCUT2D eigenvalue weighted by atomic mass is 35.5. The second kappa shape index (κ2) is 34.5. The lowest BCUT2D eigenvalue weighted by Gasteiger charge is -2.44. The molecule has 4 aliphatic heterocycles. The van der Waals surface area contributed by atoms with Crippen LogP contribution in [0.15, 0.2) is 18.2 Å². The first-order valence-corrected chi connectivity index (χ1v) is 36.2. The van der Waals surface area contributed by atoms with Gasteiger partial charge in [-0.2, -0.15) is 13.2 Å². The number of amides is 12. The number of hydrogen-bond donors (Lipinski definition) is 3. The van der Waals surface area contributed by atoms with Gasteiger partial charge in [0.1, 0.15) is 53.9 Å². The Hall–Kier alpha value is -7.06. The SMILES string of the molecule is CC[C@H](C)[C@@H]1NC(=O)[C@H](CC(C)C)N(C)C(=O)C[C@@H](C(=O)N2CCCCC2)N(C)C(=O)[C@H](C(C)C)N(C)C(=O)C2(CCCC2)NC(=O)[C@@H]2CCCN2C(=O)[C@H](CCc2ccc(C(F)(F)F)c(Cl)c2)NC(=O)CN(C)C(=O)[C@H](CC2CCCCC2)N(C)C(=O)[C@@H]2CCN2C(=O)CN(C)C1=O. The van der Waals surface area contributed by atoms with E-state index in [9.17, 15) is 51.5 Å². The highest BCUT2D eigenvalue weighted by molar-refractivity contribution is 6.31. The van der Waals surface area contributed by atoms with Gasteiger partial charge in [0.2, 0.25) is 70.9 Å². The van der Waals surface area contributed by atoms with Crippen LogP contribution in [0.25, 0.3) is 0 Å². The number of benzene rings is 1. The number of carbonyl (C=O) groups is 12. The molecule has 28 heteroatoms. The number of likely N-dealkylation sites (N-methyl/N-ethyl adjacent to an activating group) is 6. The van der Waals surface area contributed by atoms with Gasteiger partial charge in [-0.3, -0.25) is 57.5 Å². The fourth-order valence-corrected chi connectivity index (χ4v) is 15.6. The third-order valence-corrected chi connectivity index (χ3v) is 22.0. The van der Waals surface area contributed by atoms with E-state index < -0.39 is 173 Å². The molecule has 7 rings (SSSR count). The molecule has 0 unspecified atom stereocenters. The maximum absolute atomic E-state index is 15.4. The Balaban J connectivity index is 1.27. The highest BCUT2D eigenvalue weighted by Crippen LogP contribution is 2.37. The minimum absolute atomic E-state index is 0.0275. The average Bonchev–Trinajstić information content (AvgIpc) is 1.77. The molecule has 6 aliphatic rings. The number of rotatable bonds is 11. The Morgan fingerprint density at radius 1 is 0.626 bits per heavy atom. The lowest BCUT2D eigenvalue weighted by Crippen LogP contribution is -2.65. The zero-order valence-electron chi connectivity index (χ0n) is 60.2. The van der Waals surface area contributed by atoms with Gasteiger partial charge < -0.3 is 60.0 Å². The molecular formula is C71H108ClF3N12O12. The second-order valence-electron chi connectivity index (χ2n) is 29.6. The van der Waals surface area contributed by atoms with Crippen molar-refractivity contribution in [2.45, 2.75) is 236 Å². The van der Waals surface area contributed by atoms with Crippen molar-refractivity contribution in [3.63, 3.8) is 0 Å². The molecule has 4 saturated heterocycles. The van der Waals surface area contributed by atoms with Gasteiger partial charge in [0, 0.05) is 68.5 Å². The van der Waals surface area contributed by atoms with E-state index in [0.29, 0.717) is 57.2 Å². The summed E-state index contributed by atoms with van der Waals surface area (Å²) in [6, 6.07) is -6.62. The van der Waals surface area contributed by atoms with E-state index >= 15 is 19.2 Å². The van der Waals surface area contributed by atoms with Gasteiger partial charge >= 0.3 is 6.18 Å². The van der Waals surface area contributed by atoms with Crippen molar-refractivity contribution in [2.24, 2.45) is 23.7 Å². The van der Waals surface area contributed by atoms with Crippen molar-refractivity contribution in [2.75, 3.05) is 81.6 Å². The molecular weight excluding hydrogens is 1310 g/mol. The summed E-state index contributed by atoms with van der Waals surface area (Å²) in [5, 5.41) is 8.13. The normalized spacial score (nSPS) is 27.2. The summed E-state index contributed by atoms with van der Waals surface area (Å²) in [5.74, 6) is -8.86. The molecule has 99 heavy (non-hydrogen) atoms. The number of piperidine rings is 1. The summed E-state index contributed by atoms with van der Waals surface area (Å²) in [4.78, 5) is 191. The molecule has 0 bridgehead atoms. The molecule has 4 heterocycles. The molecule has 0 aromatic heterocycles. The van der Waals surface area contributed by atoms with Gasteiger partial charge in [0.25, 0.3) is 0 Å². The number of nitrogens with zero attached hydrogens (tertiary/aromatic N) is 9. The van der Waals surface area contributed by atoms with Gasteiger partial charge in [-0.1, -0.05) is 111 Å². The Kier molecular flexibility index (Phi) is 27.7. The molecule has 12 amide bonds. The van der Waals surface area contributed by atoms with Crippen LogP contribution in [0.3, 0.4) is 0 Å². The standard InChI is InChI=1S/C71H108ClF3N12O12/c1-13-45(6)59-67(97)80(8)42-58(90)86-36-30-52(86)65(95)82(10)54(39-46-23-16-14-17-24-46)64(94)79(7)41-56(88)76-50(29-27-47-26-28-48(49(72)38-47)71(73,74)75)63(93)87-35-22-25-51(87)62(92)78-70(31-18-19-32-70)69(99)84(12)60(44(4)5)68(98)83(11)55(66(96)85-33-20-15-21-34-85)40-57(89)81(9)53(37-43(2)3)61(91)77-59/h26,28,38,43-46,50-55,59-60H,13-25,27,29-37,39-42H2,1-12H3,(H,76,88)(H,77,91)(H,78,92)/t45-,50-,51-,52-,53-,54-,55-,59-,60-/m0/s1. The van der Waals surface area contributed by atoms with Crippen LogP contribution in [0.2, 0.25) is 5.02 Å². The molecule has 2 saturated carbocycles. The van der Waals surface area contributed by atoms with Gasteiger partial charge in [-0.15, -0.1) is 0 Å². The maximum atomic E-state index is 15.4. The van der Waals surface area contributed by atoms with Crippen molar-refractivity contribution >= 4 is 82.5 Å². The van der Waals surface area contributed by atoms with Crippen molar-refractivity contribution in [1.29, 1.82) is 0 Å². The molecule has 3 N–H and O–H groups in total. The number of halogens is 4. The van der Waals surface area contributed by atoms with Crippen LogP contribution in [0.1, 0.15) is 181 Å². The Morgan fingerprint density at radius 2 is 1.26 bits per heavy atom. The first-order valence-electron chi connectivity index (χ1n) is 35.8. The molecule has 1 aromatic rings. The van der Waals surface area contributed by atoms with E-state index in [1.165, 1.54) is 82.7 Å². The molecule has 1 aromatic carbocycles. The second-order valence-corrected chi connectivity index (χ2v) is 30.0. The number of likely N-dealkylation sites (tertiary alicyclic amines) is 1. The lowest BCUT2D eigenvalue weighted by atomic mass is 9.84. The van der Waals surface area contributed by atoms with Crippen LogP contribution in [0.5, 0.6) is 0 Å². The summed E-state index contributed by atoms with van der Waals surface area (Å²) in [6.07, 6.45) is 3.81. The zero-order valence-corrected chi connectivity index (χ0v) is 60.9. The molecule has 24 nitrogen and oxygen atoms in total. The number of nitrogens with one attached hydrogen (secondary N) is 3. The first kappa shape index (κ1) is 79.3. The summed E-state index contributed by atoms with van der Waals surface area (Å²) >= 11 is 6.15. The van der Waals surface area contributed by atoms with Gasteiger partial charge in [-0.25, -0.2) is 0 Å². The van der Waals surface area contributed by atoms with Crippen molar-refractivity contribution in [3.8, 4) is 0 Å². The van der Waals surface area contributed by atoms with Crippen LogP contribution in [0.4, 0.5) is 13.2 Å². The van der Waals surface area contributed by atoms with E-state index in [1.807, 2.05) is 20.8 Å². The van der Waals surface area contributed by atoms with Crippen LogP contribution in [-0.4, -0.2) is 250 Å². The quantitative estimate of drug-likeness (QED) is 0.243. The summed E-state index contributed by atoms with van der Waals surface area (Å²) in [5.41, 5.74) is -2.35. The number of alkyl halides is 3. The highest BCUT2D eigenvalue weighted by Gasteiger charge is 2.51. The fraction of sp³-hybridized carbons (Fsp3) is 0.746. The molecule has 552 valence electrons. The van der Waals surface area contributed by atoms with Gasteiger partial charge in [-0.05, 0) is 118 Å². The van der Waals surface area contributed by atoms with Crippen molar-refractivity contribution in [1.82, 2.24) is 60.0 Å². The van der Waals surface area contributed by atoms with Crippen LogP contribution < -0.4 is 16.0 Å². The van der Waals surface area contributed by atoms with E-state index in [1.54, 1.807) is 25.7 Å². The number of carbonyl (C=O) groups excluding carboxylic acids is 12. The van der Waals surface area contributed by atoms with E-state index in [-0.39, 0.29) is 76.3 Å². The van der Waals surface area contributed by atoms with Crippen LogP contribution >= 0.6 is 11.6 Å². The Labute approximate surface area is 586 Å². The monoisotopic (exact) mass is 1410 g/mol. The van der Waals surface area contributed by atoms with Crippen LogP contribution in [0, 0.1) is 23.7 Å². The number of aryl methyl sites for hydroxylation is 1. The van der Waals surface area contributed by atoms with Crippen molar-refractivity contribution < 1.29 is 70.7 Å². The molecule has 2 aliphatic carbocycles. The minimum atomic E-state index is -4.76. The third-order valence-electron chi connectivity index (χ3n) is 21.7. The summed E-state index contributed by atoms with van der Waals surface area (Å²) < 4.78 is 41.6. The predicted molar refractivity (Wildman–Crippen MR) is 364 cm³/mol. The minimum Gasteiger partial charge on any atom is -0.343 e. The largest absolute Gasteiger partial charge is 0.417 e. The Morgan fingerprint density at radius 3 is 1.85 bits per heavy atom. The lowest BCUT2D eigenvalue weighted by molar-refractivity contribution is -0.158. The summed E-state index contributed by atoms with van der Waals surface area (Å²) in [7, 11) is 8.58. The average molecular weight is 1410 g/mol. The smallest absolute Gasteiger partial charge is 0.343 e. The summed E-state index contributed by atoms with van der Waals surface area (Å²) in [6.45, 7) is 10.6. The first-order chi connectivity index (χ1) is 46.6.